The lowest BCUT2D eigenvalue weighted by Crippen LogP contribution is -2.34. The van der Waals surface area contributed by atoms with Crippen LogP contribution in [0, 0.1) is 0 Å². The molecule has 0 bridgehead atoms. The van der Waals surface area contributed by atoms with Crippen LogP contribution in [-0.4, -0.2) is 48.0 Å². The number of rotatable bonds is 17. The minimum atomic E-state index is -0.711. The van der Waals surface area contributed by atoms with Crippen molar-refractivity contribution in [3.63, 3.8) is 0 Å². The average Bonchev–Trinajstić information content (AvgIpc) is 2.96. The maximum absolute atomic E-state index is 12.2. The van der Waals surface area contributed by atoms with Crippen molar-refractivity contribution in [3.05, 3.63) is 83.6 Å². The maximum Gasteiger partial charge on any atom is 0.328 e. The minimum absolute atomic E-state index is 0.233. The Bertz CT molecular complexity index is 1210. The first kappa shape index (κ1) is 33.1. The number of carbonyl (C=O) groups excluding carboxylic acids is 3. The van der Waals surface area contributed by atoms with E-state index in [0.717, 1.165) is 37.3 Å². The van der Waals surface area contributed by atoms with E-state index in [2.05, 4.69) is 0 Å². The van der Waals surface area contributed by atoms with Crippen LogP contribution < -0.4 is 32.4 Å². The SMILES string of the molecule is NCCCCC(N)C(=O)Oc1ccc(/C=C/C(=O)/C=C(O)/C=C/c2ccc(OC(=O)C(N)CCCCN)cc2)cc1. The molecule has 0 aliphatic rings. The fourth-order valence-corrected chi connectivity index (χ4v) is 3.53. The van der Waals surface area contributed by atoms with Crippen LogP contribution in [-0.2, 0) is 14.4 Å². The molecule has 0 heterocycles. The summed E-state index contributed by atoms with van der Waals surface area (Å²) in [6.45, 7) is 1.10. The van der Waals surface area contributed by atoms with E-state index >= 15 is 0 Å². The Balaban J connectivity index is 1.83. The lowest BCUT2D eigenvalue weighted by molar-refractivity contribution is -0.136. The molecule has 0 radical (unpaired) electrons. The topological polar surface area (TPSA) is 194 Å². The fraction of sp³-hybridized carbons (Fsp3) is 0.323. The molecular weight excluding hydrogens is 524 g/mol. The van der Waals surface area contributed by atoms with Gasteiger partial charge in [-0.3, -0.25) is 4.79 Å². The third-order valence-corrected chi connectivity index (χ3v) is 5.92. The van der Waals surface area contributed by atoms with Gasteiger partial charge >= 0.3 is 11.9 Å². The van der Waals surface area contributed by atoms with Crippen LogP contribution in [0.15, 0.2) is 72.5 Å². The lowest BCUT2D eigenvalue weighted by Gasteiger charge is -2.11. The van der Waals surface area contributed by atoms with Crippen LogP contribution in [0.3, 0.4) is 0 Å². The summed E-state index contributed by atoms with van der Waals surface area (Å²) in [4.78, 5) is 36.3. The first-order valence-corrected chi connectivity index (χ1v) is 13.6. The summed E-state index contributed by atoms with van der Waals surface area (Å²) in [5, 5.41) is 10.1. The quantitative estimate of drug-likeness (QED) is 0.0476. The first-order valence-electron chi connectivity index (χ1n) is 13.6. The molecule has 2 atom stereocenters. The van der Waals surface area contributed by atoms with Crippen LogP contribution in [0.4, 0.5) is 0 Å². The van der Waals surface area contributed by atoms with Crippen LogP contribution in [0.1, 0.15) is 49.7 Å². The summed E-state index contributed by atoms with van der Waals surface area (Å²) in [6.07, 6.45) is 11.1. The van der Waals surface area contributed by atoms with Crippen molar-refractivity contribution in [2.45, 2.75) is 50.6 Å². The molecule has 0 fully saturated rings. The van der Waals surface area contributed by atoms with E-state index in [4.69, 9.17) is 32.4 Å². The van der Waals surface area contributed by atoms with Gasteiger partial charge in [0, 0.05) is 6.08 Å². The highest BCUT2D eigenvalue weighted by molar-refractivity contribution is 6.02. The molecule has 2 aromatic carbocycles. The zero-order valence-electron chi connectivity index (χ0n) is 23.1. The monoisotopic (exact) mass is 564 g/mol. The number of esters is 2. The zero-order chi connectivity index (χ0) is 30.0. The predicted octanol–water partition coefficient (Wildman–Crippen LogP) is 3.15. The molecule has 10 nitrogen and oxygen atoms in total. The molecular formula is C31H40N4O6. The van der Waals surface area contributed by atoms with Gasteiger partial charge in [0.15, 0.2) is 5.78 Å². The van der Waals surface area contributed by atoms with E-state index in [-0.39, 0.29) is 5.76 Å². The van der Waals surface area contributed by atoms with Crippen molar-refractivity contribution in [1.82, 2.24) is 0 Å². The van der Waals surface area contributed by atoms with Crippen molar-refractivity contribution in [3.8, 4) is 11.5 Å². The zero-order valence-corrected chi connectivity index (χ0v) is 23.1. The molecule has 10 heteroatoms. The van der Waals surface area contributed by atoms with E-state index in [1.165, 1.54) is 12.2 Å². The summed E-state index contributed by atoms with van der Waals surface area (Å²) < 4.78 is 10.6. The Morgan fingerprint density at radius 1 is 0.683 bits per heavy atom. The van der Waals surface area contributed by atoms with Gasteiger partial charge in [-0.25, -0.2) is 9.59 Å². The van der Waals surface area contributed by atoms with Crippen LogP contribution in [0.25, 0.3) is 12.2 Å². The van der Waals surface area contributed by atoms with Crippen molar-refractivity contribution in [1.29, 1.82) is 0 Å². The molecule has 0 saturated carbocycles. The number of aliphatic hydroxyl groups is 1. The minimum Gasteiger partial charge on any atom is -0.508 e. The van der Waals surface area contributed by atoms with Gasteiger partial charge in [-0.15, -0.1) is 0 Å². The Morgan fingerprint density at radius 3 is 1.51 bits per heavy atom. The molecule has 220 valence electrons. The molecule has 2 rings (SSSR count). The van der Waals surface area contributed by atoms with E-state index in [1.807, 2.05) is 0 Å². The Morgan fingerprint density at radius 2 is 1.10 bits per heavy atom. The summed E-state index contributed by atoms with van der Waals surface area (Å²) >= 11 is 0. The fourth-order valence-electron chi connectivity index (χ4n) is 3.53. The molecule has 0 amide bonds. The number of aliphatic hydroxyl groups excluding tert-OH is 1. The number of carbonyl (C=O) groups is 3. The van der Waals surface area contributed by atoms with Crippen molar-refractivity contribution in [2.75, 3.05) is 13.1 Å². The van der Waals surface area contributed by atoms with Gasteiger partial charge < -0.3 is 37.5 Å². The van der Waals surface area contributed by atoms with Gasteiger partial charge in [-0.1, -0.05) is 49.3 Å². The molecule has 9 N–H and O–H groups in total. The molecule has 2 unspecified atom stereocenters. The number of nitrogens with two attached hydrogens (primary N) is 4. The average molecular weight is 565 g/mol. The van der Waals surface area contributed by atoms with Crippen molar-refractivity contribution in [2.24, 2.45) is 22.9 Å². The van der Waals surface area contributed by atoms with Crippen LogP contribution in [0.5, 0.6) is 11.5 Å². The number of unbranched alkanes of at least 4 members (excludes halogenated alkanes) is 2. The lowest BCUT2D eigenvalue weighted by atomic mass is 10.1. The second-order valence-corrected chi connectivity index (χ2v) is 9.40. The number of benzene rings is 2. The molecule has 2 aromatic rings. The van der Waals surface area contributed by atoms with Gasteiger partial charge in [-0.2, -0.15) is 0 Å². The van der Waals surface area contributed by atoms with E-state index in [9.17, 15) is 19.5 Å². The molecule has 0 saturated heterocycles. The second-order valence-electron chi connectivity index (χ2n) is 9.40. The normalized spacial score (nSPS) is 13.3. The predicted molar refractivity (Wildman–Crippen MR) is 160 cm³/mol. The number of hydrogen-bond acceptors (Lipinski definition) is 10. The summed E-state index contributed by atoms with van der Waals surface area (Å²) in [5.74, 6) is -0.966. The second kappa shape index (κ2) is 18.3. The van der Waals surface area contributed by atoms with Crippen LogP contribution in [0.2, 0.25) is 0 Å². The first-order chi connectivity index (χ1) is 19.7. The Kier molecular flexibility index (Phi) is 14.8. The summed E-state index contributed by atoms with van der Waals surface area (Å²) in [6, 6.07) is 11.8. The number of ketones is 1. The summed E-state index contributed by atoms with van der Waals surface area (Å²) in [5.41, 5.74) is 24.0. The molecule has 0 aliphatic carbocycles. The summed E-state index contributed by atoms with van der Waals surface area (Å²) in [7, 11) is 0. The largest absolute Gasteiger partial charge is 0.508 e. The number of allylic oxidation sites excluding steroid dienone is 3. The molecule has 0 spiro atoms. The smallest absolute Gasteiger partial charge is 0.328 e. The Hall–Kier alpha value is -4.09. The maximum atomic E-state index is 12.2. The van der Waals surface area contributed by atoms with Crippen molar-refractivity contribution < 1.29 is 29.0 Å². The standard InChI is InChI=1S/C31H40N4O6/c32-19-3-1-5-28(34)30(38)40-26-15-9-22(10-16-26)7-13-24(36)21-25(37)14-8-23-11-17-27(18-12-23)41-31(39)29(35)6-2-4-20-33/h7-18,21,28-29,36H,1-6,19-20,32-35H2/b13-7+,14-8+,24-21-. The van der Waals surface area contributed by atoms with Crippen molar-refractivity contribution >= 4 is 29.9 Å². The number of ether oxygens (including phenoxy) is 2. The molecule has 0 aromatic heterocycles. The van der Waals surface area contributed by atoms with Gasteiger partial charge in [-0.05, 0) is 86.3 Å². The Labute approximate surface area is 240 Å². The highest BCUT2D eigenvalue weighted by atomic mass is 16.5. The van der Waals surface area contributed by atoms with Gasteiger partial charge in [0.05, 0.1) is 0 Å². The number of hydrogen-bond donors (Lipinski definition) is 5. The molecule has 41 heavy (non-hydrogen) atoms. The van der Waals surface area contributed by atoms with E-state index in [1.54, 1.807) is 60.7 Å². The third-order valence-electron chi connectivity index (χ3n) is 5.92. The highest BCUT2D eigenvalue weighted by Crippen LogP contribution is 2.16. The highest BCUT2D eigenvalue weighted by Gasteiger charge is 2.16. The van der Waals surface area contributed by atoms with Gasteiger partial charge in [0.1, 0.15) is 29.3 Å². The van der Waals surface area contributed by atoms with E-state index in [0.29, 0.717) is 43.0 Å². The van der Waals surface area contributed by atoms with E-state index < -0.39 is 29.8 Å². The van der Waals surface area contributed by atoms with Gasteiger partial charge in [0.2, 0.25) is 0 Å². The van der Waals surface area contributed by atoms with Gasteiger partial charge in [0.25, 0.3) is 0 Å². The third kappa shape index (κ3) is 13.2. The molecule has 0 aliphatic heterocycles. The van der Waals surface area contributed by atoms with Crippen LogP contribution >= 0.6 is 0 Å².